The Balaban J connectivity index is 2.75. The van der Waals surface area contributed by atoms with Crippen LogP contribution in [-0.4, -0.2) is 14.5 Å². The van der Waals surface area contributed by atoms with Crippen LogP contribution in [0, 0.1) is 0 Å². The summed E-state index contributed by atoms with van der Waals surface area (Å²) in [5, 5.41) is 9.51. The summed E-state index contributed by atoms with van der Waals surface area (Å²) in [5.74, 6) is 1.62. The van der Waals surface area contributed by atoms with Crippen LogP contribution in [0.4, 0.5) is 0 Å². The van der Waals surface area contributed by atoms with Gasteiger partial charge in [-0.2, -0.15) is 0 Å². The van der Waals surface area contributed by atoms with Gasteiger partial charge in [-0.15, -0.1) is 0 Å². The molecular weight excluding hydrogens is 164 g/mol. The highest BCUT2D eigenvalue weighted by Crippen LogP contribution is 2.21. The lowest BCUT2D eigenvalue weighted by atomic mass is 10.2. The molecule has 1 N–H and O–H groups in total. The van der Waals surface area contributed by atoms with Gasteiger partial charge in [0.1, 0.15) is 17.1 Å². The molecule has 2 rings (SSSR count). The highest BCUT2D eigenvalue weighted by atomic mass is 16.3. The Labute approximate surface area is 76.7 Å². The Morgan fingerprint density at radius 2 is 2.23 bits per heavy atom. The third-order valence-corrected chi connectivity index (χ3v) is 2.09. The number of rotatable bonds is 1. The van der Waals surface area contributed by atoms with Gasteiger partial charge >= 0.3 is 0 Å². The van der Waals surface area contributed by atoms with Gasteiger partial charge in [0.15, 0.2) is 0 Å². The van der Waals surface area contributed by atoms with Crippen molar-refractivity contribution in [3.05, 3.63) is 30.4 Å². The summed E-state index contributed by atoms with van der Waals surface area (Å²) in [6.45, 7) is 4.16. The van der Waals surface area contributed by atoms with Gasteiger partial charge in [-0.3, -0.25) is 0 Å². The monoisotopic (exact) mass is 176 g/mol. The van der Waals surface area contributed by atoms with Crippen LogP contribution in [0.5, 0.6) is 5.75 Å². The minimum absolute atomic E-state index is 0.280. The highest BCUT2D eigenvalue weighted by Gasteiger charge is 2.08. The molecule has 0 aliphatic carbocycles. The van der Waals surface area contributed by atoms with Gasteiger partial charge in [-0.25, -0.2) is 4.98 Å². The van der Waals surface area contributed by atoms with Crippen molar-refractivity contribution in [1.29, 1.82) is 0 Å². The molecule has 0 radical (unpaired) electrons. The number of fused-ring (bicyclic) bond motifs is 1. The van der Waals surface area contributed by atoms with Gasteiger partial charge in [0.2, 0.25) is 0 Å². The van der Waals surface area contributed by atoms with Crippen molar-refractivity contribution < 1.29 is 5.11 Å². The van der Waals surface area contributed by atoms with E-state index in [2.05, 4.69) is 18.8 Å². The predicted molar refractivity (Wildman–Crippen MR) is 50.9 cm³/mol. The maximum atomic E-state index is 9.51. The fraction of sp³-hybridized carbons (Fsp3) is 0.300. The number of hydrogen-bond donors (Lipinski definition) is 1. The van der Waals surface area contributed by atoms with E-state index in [1.807, 2.05) is 16.7 Å². The summed E-state index contributed by atoms with van der Waals surface area (Å²) in [6.07, 6.45) is 3.61. The lowest BCUT2D eigenvalue weighted by Crippen LogP contribution is -1.95. The van der Waals surface area contributed by atoms with Crippen LogP contribution in [0.1, 0.15) is 25.6 Å². The summed E-state index contributed by atoms with van der Waals surface area (Å²) in [7, 11) is 0. The molecule has 3 heteroatoms. The van der Waals surface area contributed by atoms with Gasteiger partial charge in [-0.1, -0.05) is 13.8 Å². The second kappa shape index (κ2) is 2.76. The largest absolute Gasteiger partial charge is 0.506 e. The number of nitrogens with zero attached hydrogens (tertiary/aromatic N) is 2. The van der Waals surface area contributed by atoms with E-state index >= 15 is 0 Å². The van der Waals surface area contributed by atoms with Gasteiger partial charge in [0.05, 0.1) is 6.20 Å². The molecule has 0 fully saturated rings. The van der Waals surface area contributed by atoms with Gasteiger partial charge < -0.3 is 9.51 Å². The van der Waals surface area contributed by atoms with Crippen molar-refractivity contribution in [2.75, 3.05) is 0 Å². The lowest BCUT2D eigenvalue weighted by molar-refractivity contribution is 0.478. The fourth-order valence-corrected chi connectivity index (χ4v) is 1.45. The number of aromatic nitrogens is 2. The van der Waals surface area contributed by atoms with E-state index in [0.29, 0.717) is 5.92 Å². The molecule has 0 saturated carbocycles. The van der Waals surface area contributed by atoms with E-state index in [0.717, 1.165) is 11.3 Å². The average Bonchev–Trinajstić information content (AvgIpc) is 2.48. The summed E-state index contributed by atoms with van der Waals surface area (Å²) in [5.41, 5.74) is 0.770. The quantitative estimate of drug-likeness (QED) is 0.723. The van der Waals surface area contributed by atoms with Crippen LogP contribution in [0.25, 0.3) is 5.52 Å². The first-order chi connectivity index (χ1) is 6.20. The van der Waals surface area contributed by atoms with Crippen molar-refractivity contribution in [2.24, 2.45) is 0 Å². The molecule has 2 aromatic rings. The number of imidazole rings is 1. The zero-order valence-electron chi connectivity index (χ0n) is 7.73. The van der Waals surface area contributed by atoms with E-state index < -0.39 is 0 Å². The first kappa shape index (κ1) is 8.10. The van der Waals surface area contributed by atoms with Crippen LogP contribution < -0.4 is 0 Å². The predicted octanol–water partition coefficient (Wildman–Crippen LogP) is 2.16. The Morgan fingerprint density at radius 1 is 1.46 bits per heavy atom. The Kier molecular flexibility index (Phi) is 1.72. The minimum Gasteiger partial charge on any atom is -0.506 e. The molecule has 2 aromatic heterocycles. The molecule has 0 amide bonds. The smallest absolute Gasteiger partial charge is 0.141 e. The fourth-order valence-electron chi connectivity index (χ4n) is 1.45. The third kappa shape index (κ3) is 1.16. The van der Waals surface area contributed by atoms with Crippen molar-refractivity contribution in [2.45, 2.75) is 19.8 Å². The van der Waals surface area contributed by atoms with E-state index in [4.69, 9.17) is 0 Å². The normalized spacial score (nSPS) is 11.3. The van der Waals surface area contributed by atoms with Crippen molar-refractivity contribution in [1.82, 2.24) is 9.38 Å². The zero-order valence-corrected chi connectivity index (χ0v) is 7.73. The van der Waals surface area contributed by atoms with Gasteiger partial charge in [0, 0.05) is 12.1 Å². The second-order valence-corrected chi connectivity index (χ2v) is 3.42. The first-order valence-corrected chi connectivity index (χ1v) is 4.35. The van der Waals surface area contributed by atoms with E-state index in [-0.39, 0.29) is 5.75 Å². The second-order valence-electron chi connectivity index (χ2n) is 3.42. The van der Waals surface area contributed by atoms with Gasteiger partial charge in [-0.05, 0) is 12.1 Å². The number of aromatic hydroxyl groups is 1. The van der Waals surface area contributed by atoms with E-state index in [1.54, 1.807) is 12.3 Å². The average molecular weight is 176 g/mol. The maximum absolute atomic E-state index is 9.51. The number of hydrogen-bond acceptors (Lipinski definition) is 2. The molecular formula is C10H12N2O. The van der Waals surface area contributed by atoms with Crippen molar-refractivity contribution in [3.8, 4) is 5.75 Å². The Hall–Kier alpha value is -1.51. The summed E-state index contributed by atoms with van der Waals surface area (Å²) in [4.78, 5) is 4.26. The van der Waals surface area contributed by atoms with Crippen LogP contribution in [0.3, 0.4) is 0 Å². The summed E-state index contributed by atoms with van der Waals surface area (Å²) >= 11 is 0. The first-order valence-electron chi connectivity index (χ1n) is 4.35. The standard InChI is InChI=1S/C10H12N2O/c1-7(2)10-11-6-8-9(13)4-3-5-12(8)10/h3-7,13H,1-2H3. The van der Waals surface area contributed by atoms with Crippen LogP contribution in [-0.2, 0) is 0 Å². The van der Waals surface area contributed by atoms with E-state index in [9.17, 15) is 5.11 Å². The topological polar surface area (TPSA) is 37.5 Å². The van der Waals surface area contributed by atoms with Crippen molar-refractivity contribution >= 4 is 5.52 Å². The van der Waals surface area contributed by atoms with Crippen LogP contribution in [0.2, 0.25) is 0 Å². The molecule has 13 heavy (non-hydrogen) atoms. The van der Waals surface area contributed by atoms with Crippen LogP contribution in [0.15, 0.2) is 24.5 Å². The molecule has 3 nitrogen and oxygen atoms in total. The summed E-state index contributed by atoms with van der Waals surface area (Å²) in [6, 6.07) is 3.48. The molecule has 0 unspecified atom stereocenters. The van der Waals surface area contributed by atoms with Crippen molar-refractivity contribution in [3.63, 3.8) is 0 Å². The molecule has 68 valence electrons. The van der Waals surface area contributed by atoms with Crippen LogP contribution >= 0.6 is 0 Å². The molecule has 0 atom stereocenters. The molecule has 0 aliphatic heterocycles. The number of pyridine rings is 1. The molecule has 0 aromatic carbocycles. The van der Waals surface area contributed by atoms with Gasteiger partial charge in [0.25, 0.3) is 0 Å². The minimum atomic E-state index is 0.280. The Bertz CT molecular complexity index is 431. The Morgan fingerprint density at radius 3 is 2.92 bits per heavy atom. The molecule has 0 spiro atoms. The maximum Gasteiger partial charge on any atom is 0.141 e. The third-order valence-electron chi connectivity index (χ3n) is 2.09. The SMILES string of the molecule is CC(C)c1ncc2c(O)cccn12. The molecule has 0 saturated heterocycles. The molecule has 2 heterocycles. The summed E-state index contributed by atoms with van der Waals surface area (Å²) < 4.78 is 1.92. The molecule has 0 aliphatic rings. The van der Waals surface area contributed by atoms with E-state index in [1.165, 1.54) is 0 Å². The lowest BCUT2D eigenvalue weighted by Gasteiger charge is -2.03. The zero-order chi connectivity index (χ0) is 9.42. The molecule has 0 bridgehead atoms. The highest BCUT2D eigenvalue weighted by molar-refractivity contribution is 5.58.